The molecule has 0 radical (unpaired) electrons. The van der Waals surface area contributed by atoms with Gasteiger partial charge in [-0.2, -0.15) is 0 Å². The first-order valence-electron chi connectivity index (χ1n) is 8.93. The topological polar surface area (TPSA) is 85.6 Å². The summed E-state index contributed by atoms with van der Waals surface area (Å²) in [5.74, 6) is 4.09. The minimum absolute atomic E-state index is 0. The summed E-state index contributed by atoms with van der Waals surface area (Å²) in [5, 5.41) is 15.0. The normalized spacial score (nSPS) is 12.6. The summed E-state index contributed by atoms with van der Waals surface area (Å²) >= 11 is 0. The number of aryl methyl sites for hydroxylation is 1. The van der Waals surface area contributed by atoms with Gasteiger partial charge in [0.15, 0.2) is 23.3 Å². The number of halogens is 1. The van der Waals surface area contributed by atoms with E-state index in [4.69, 9.17) is 9.47 Å². The zero-order valence-electron chi connectivity index (χ0n) is 16.0. The minimum Gasteiger partial charge on any atom is -0.454 e. The lowest BCUT2D eigenvalue weighted by molar-refractivity contribution is 0.174. The number of nitrogens with one attached hydrogen (secondary N) is 2. The van der Waals surface area contributed by atoms with Gasteiger partial charge in [-0.05, 0) is 31.0 Å². The van der Waals surface area contributed by atoms with Gasteiger partial charge in [-0.25, -0.2) is 4.99 Å². The summed E-state index contributed by atoms with van der Waals surface area (Å²) in [7, 11) is 1.96. The third-order valence-corrected chi connectivity index (χ3v) is 4.28. The minimum atomic E-state index is 0. The average molecular weight is 486 g/mol. The highest BCUT2D eigenvalue weighted by molar-refractivity contribution is 14.0. The van der Waals surface area contributed by atoms with Gasteiger partial charge in [0.2, 0.25) is 6.79 Å². The van der Waals surface area contributed by atoms with E-state index in [2.05, 4.69) is 32.7 Å². The molecule has 0 unspecified atom stereocenters. The maximum atomic E-state index is 5.43. The van der Waals surface area contributed by atoms with Crippen molar-refractivity contribution >= 4 is 29.9 Å². The smallest absolute Gasteiger partial charge is 0.231 e. The number of aromatic nitrogens is 3. The zero-order chi connectivity index (χ0) is 18.4. The van der Waals surface area contributed by atoms with Gasteiger partial charge in [0.05, 0.1) is 13.1 Å². The van der Waals surface area contributed by atoms with Crippen molar-refractivity contribution in [1.82, 2.24) is 25.4 Å². The molecule has 9 heteroatoms. The summed E-state index contributed by atoms with van der Waals surface area (Å²) in [6.07, 6.45) is 2.22. The van der Waals surface area contributed by atoms with E-state index in [0.29, 0.717) is 13.1 Å². The Bertz CT molecular complexity index is 777. The Kier molecular flexibility index (Phi) is 8.14. The number of hydrogen-bond donors (Lipinski definition) is 2. The number of unbranched alkanes of at least 4 members (excludes halogenated alkanes) is 1. The van der Waals surface area contributed by atoms with Crippen LogP contribution in [-0.4, -0.2) is 34.1 Å². The molecule has 0 spiro atoms. The Morgan fingerprint density at radius 3 is 2.78 bits per heavy atom. The molecule has 1 aromatic carbocycles. The SMILES string of the molecule is CCCCNC(=NCc1ccc2c(c1)OCO2)NCc1nnc(C)n1C.I. The van der Waals surface area contributed by atoms with Crippen molar-refractivity contribution in [2.24, 2.45) is 12.0 Å². The maximum absolute atomic E-state index is 5.43. The molecule has 0 aliphatic carbocycles. The zero-order valence-corrected chi connectivity index (χ0v) is 18.3. The van der Waals surface area contributed by atoms with Gasteiger partial charge in [-0.3, -0.25) is 0 Å². The molecule has 0 saturated heterocycles. The average Bonchev–Trinajstić information content (AvgIpc) is 3.24. The van der Waals surface area contributed by atoms with E-state index in [-0.39, 0.29) is 30.8 Å². The summed E-state index contributed by atoms with van der Waals surface area (Å²) in [5.41, 5.74) is 1.07. The molecule has 0 atom stereocenters. The molecule has 0 fully saturated rings. The molecule has 0 amide bonds. The van der Waals surface area contributed by atoms with E-state index in [1.165, 1.54) is 0 Å². The van der Waals surface area contributed by atoms with Crippen LogP contribution in [0.25, 0.3) is 0 Å². The first kappa shape index (κ1) is 21.3. The molecule has 1 aromatic heterocycles. The lowest BCUT2D eigenvalue weighted by Crippen LogP contribution is -2.38. The van der Waals surface area contributed by atoms with E-state index < -0.39 is 0 Å². The van der Waals surface area contributed by atoms with Crippen LogP contribution in [0.4, 0.5) is 0 Å². The van der Waals surface area contributed by atoms with Gasteiger partial charge in [-0.15, -0.1) is 34.2 Å². The van der Waals surface area contributed by atoms with Gasteiger partial charge < -0.3 is 24.7 Å². The number of ether oxygens (including phenoxy) is 2. The number of fused-ring (bicyclic) bond motifs is 1. The predicted molar refractivity (Wildman–Crippen MR) is 115 cm³/mol. The molecule has 2 heterocycles. The second kappa shape index (κ2) is 10.3. The van der Waals surface area contributed by atoms with Crippen molar-refractivity contribution in [1.29, 1.82) is 0 Å². The lowest BCUT2D eigenvalue weighted by atomic mass is 10.2. The van der Waals surface area contributed by atoms with Crippen LogP contribution in [0.2, 0.25) is 0 Å². The van der Waals surface area contributed by atoms with E-state index >= 15 is 0 Å². The highest BCUT2D eigenvalue weighted by Crippen LogP contribution is 2.32. The molecule has 2 aromatic rings. The van der Waals surface area contributed by atoms with E-state index in [1.807, 2.05) is 36.7 Å². The Hall–Kier alpha value is -2.04. The van der Waals surface area contributed by atoms with Crippen LogP contribution in [0.3, 0.4) is 0 Å². The summed E-state index contributed by atoms with van der Waals surface area (Å²) < 4.78 is 12.7. The first-order valence-corrected chi connectivity index (χ1v) is 8.93. The Balaban J connectivity index is 0.00000261. The standard InChI is InChI=1S/C18H26N6O2.HI/c1-4-5-8-19-18(21-11-17-23-22-13(2)24(17)3)20-10-14-6-7-15-16(9-14)26-12-25-15;/h6-7,9H,4-5,8,10-12H2,1-3H3,(H2,19,20,21);1H. The molecule has 1 aliphatic rings. The van der Waals surface area contributed by atoms with E-state index in [1.54, 1.807) is 0 Å². The molecular weight excluding hydrogens is 459 g/mol. The van der Waals surface area contributed by atoms with Gasteiger partial charge in [0, 0.05) is 13.6 Å². The van der Waals surface area contributed by atoms with Crippen LogP contribution in [0.1, 0.15) is 37.0 Å². The Labute approximate surface area is 176 Å². The van der Waals surface area contributed by atoms with Gasteiger partial charge >= 0.3 is 0 Å². The predicted octanol–water partition coefficient (Wildman–Crippen LogP) is 2.51. The van der Waals surface area contributed by atoms with Crippen LogP contribution in [-0.2, 0) is 20.1 Å². The summed E-state index contributed by atoms with van der Waals surface area (Å²) in [6.45, 7) is 6.38. The van der Waals surface area contributed by atoms with Crippen LogP contribution in [0.5, 0.6) is 11.5 Å². The maximum Gasteiger partial charge on any atom is 0.231 e. The van der Waals surface area contributed by atoms with Crippen molar-refractivity contribution < 1.29 is 9.47 Å². The van der Waals surface area contributed by atoms with Gasteiger partial charge in [-0.1, -0.05) is 19.4 Å². The second-order valence-corrected chi connectivity index (χ2v) is 6.21. The number of nitrogens with zero attached hydrogens (tertiary/aromatic N) is 4. The molecule has 1 aliphatic heterocycles. The van der Waals surface area contributed by atoms with E-state index in [9.17, 15) is 0 Å². The van der Waals surface area contributed by atoms with Crippen LogP contribution < -0.4 is 20.1 Å². The van der Waals surface area contributed by atoms with Crippen molar-refractivity contribution in [3.8, 4) is 11.5 Å². The number of guanidine groups is 1. The van der Waals surface area contributed by atoms with Crippen molar-refractivity contribution in [3.63, 3.8) is 0 Å². The molecular formula is C18H27IN6O2. The third kappa shape index (κ3) is 5.72. The van der Waals surface area contributed by atoms with Crippen molar-refractivity contribution in [3.05, 3.63) is 35.4 Å². The fourth-order valence-corrected chi connectivity index (χ4v) is 2.54. The highest BCUT2D eigenvalue weighted by atomic mass is 127. The lowest BCUT2D eigenvalue weighted by Gasteiger charge is -2.12. The van der Waals surface area contributed by atoms with Crippen molar-refractivity contribution in [2.45, 2.75) is 39.8 Å². The first-order chi connectivity index (χ1) is 12.7. The Morgan fingerprint density at radius 1 is 1.22 bits per heavy atom. The molecule has 8 nitrogen and oxygen atoms in total. The monoisotopic (exact) mass is 486 g/mol. The van der Waals surface area contributed by atoms with Crippen LogP contribution >= 0.6 is 24.0 Å². The third-order valence-electron chi connectivity index (χ3n) is 4.28. The fraction of sp³-hybridized carbons (Fsp3) is 0.500. The highest BCUT2D eigenvalue weighted by Gasteiger charge is 2.13. The molecule has 148 valence electrons. The second-order valence-electron chi connectivity index (χ2n) is 6.21. The van der Waals surface area contributed by atoms with Gasteiger partial charge in [0.1, 0.15) is 5.82 Å². The largest absolute Gasteiger partial charge is 0.454 e. The number of benzene rings is 1. The number of rotatable bonds is 7. The van der Waals surface area contributed by atoms with E-state index in [0.717, 1.165) is 54.1 Å². The Morgan fingerprint density at radius 2 is 2.04 bits per heavy atom. The molecule has 27 heavy (non-hydrogen) atoms. The molecule has 2 N–H and O–H groups in total. The molecule has 0 saturated carbocycles. The molecule has 0 bridgehead atoms. The summed E-state index contributed by atoms with van der Waals surface area (Å²) in [4.78, 5) is 4.68. The van der Waals surface area contributed by atoms with Gasteiger partial charge in [0.25, 0.3) is 0 Å². The summed E-state index contributed by atoms with van der Waals surface area (Å²) in [6, 6.07) is 5.90. The van der Waals surface area contributed by atoms with Crippen molar-refractivity contribution in [2.75, 3.05) is 13.3 Å². The van der Waals surface area contributed by atoms with Crippen LogP contribution in [0, 0.1) is 6.92 Å². The number of aliphatic imine (C=N–C) groups is 1. The number of hydrogen-bond acceptors (Lipinski definition) is 5. The van der Waals surface area contributed by atoms with Crippen LogP contribution in [0.15, 0.2) is 23.2 Å². The fourth-order valence-electron chi connectivity index (χ4n) is 2.54. The quantitative estimate of drug-likeness (QED) is 0.271. The molecule has 3 rings (SSSR count).